The third-order valence-corrected chi connectivity index (χ3v) is 3.85. The maximum Gasteiger partial charge on any atom is 0.161 e. The van der Waals surface area contributed by atoms with Crippen LogP contribution in [0.2, 0.25) is 0 Å². The van der Waals surface area contributed by atoms with E-state index in [0.717, 1.165) is 29.9 Å². The van der Waals surface area contributed by atoms with Crippen LogP contribution in [0.1, 0.15) is 44.6 Å². The van der Waals surface area contributed by atoms with Crippen LogP contribution in [0.25, 0.3) is 0 Å². The Bertz CT molecular complexity index is 436. The van der Waals surface area contributed by atoms with Crippen LogP contribution < -0.4 is 15.2 Å². The Balaban J connectivity index is 2.00. The smallest absolute Gasteiger partial charge is 0.161 e. The molecule has 1 aromatic rings. The Morgan fingerprint density at radius 3 is 2.65 bits per heavy atom. The summed E-state index contributed by atoms with van der Waals surface area (Å²) in [5, 5.41) is 10.1. The molecule has 4 heteroatoms. The molecule has 1 heterocycles. The number of fused-ring (bicyclic) bond motifs is 1. The van der Waals surface area contributed by atoms with Gasteiger partial charge in [0.2, 0.25) is 0 Å². The van der Waals surface area contributed by atoms with Gasteiger partial charge >= 0.3 is 0 Å². The molecule has 1 aromatic carbocycles. The largest absolute Gasteiger partial charge is 0.486 e. The van der Waals surface area contributed by atoms with E-state index in [-0.39, 0.29) is 12.0 Å². The second kappa shape index (κ2) is 6.95. The zero-order valence-electron chi connectivity index (χ0n) is 12.3. The highest BCUT2D eigenvalue weighted by molar-refractivity contribution is 5.44. The van der Waals surface area contributed by atoms with Gasteiger partial charge in [-0.05, 0) is 36.5 Å². The fraction of sp³-hybridized carbons (Fsp3) is 0.625. The monoisotopic (exact) mass is 279 g/mol. The van der Waals surface area contributed by atoms with Gasteiger partial charge in [0, 0.05) is 6.04 Å². The summed E-state index contributed by atoms with van der Waals surface area (Å²) in [6.45, 7) is 5.38. The molecule has 3 N–H and O–H groups in total. The van der Waals surface area contributed by atoms with Crippen LogP contribution in [0.15, 0.2) is 18.2 Å². The number of hydrogen-bond acceptors (Lipinski definition) is 4. The zero-order chi connectivity index (χ0) is 14.5. The van der Waals surface area contributed by atoms with Gasteiger partial charge in [-0.1, -0.05) is 26.3 Å². The van der Waals surface area contributed by atoms with Crippen molar-refractivity contribution in [3.63, 3.8) is 0 Å². The van der Waals surface area contributed by atoms with Crippen molar-refractivity contribution < 1.29 is 14.6 Å². The minimum absolute atomic E-state index is 0.139. The van der Waals surface area contributed by atoms with Gasteiger partial charge in [0.25, 0.3) is 0 Å². The summed E-state index contributed by atoms with van der Waals surface area (Å²) in [7, 11) is 0. The third kappa shape index (κ3) is 3.64. The molecule has 0 radical (unpaired) electrons. The van der Waals surface area contributed by atoms with Crippen molar-refractivity contribution in [2.75, 3.05) is 13.2 Å². The zero-order valence-corrected chi connectivity index (χ0v) is 12.3. The molecule has 3 unspecified atom stereocenters. The predicted octanol–water partition coefficient (Wildman–Crippen LogP) is 2.44. The lowest BCUT2D eigenvalue weighted by molar-refractivity contribution is 0.124. The van der Waals surface area contributed by atoms with Gasteiger partial charge in [0.15, 0.2) is 11.5 Å². The van der Waals surface area contributed by atoms with Crippen LogP contribution in [-0.2, 0) is 0 Å². The quantitative estimate of drug-likeness (QED) is 0.839. The standard InChI is InChI=1S/C16H25NO3/c1-3-4-13(17)14(18)9-11(2)12-5-6-15-16(10-12)20-8-7-19-15/h5-6,10-11,13-14,18H,3-4,7-9,17H2,1-2H3. The van der Waals surface area contributed by atoms with Crippen LogP contribution in [0.5, 0.6) is 11.5 Å². The summed E-state index contributed by atoms with van der Waals surface area (Å²) in [5.41, 5.74) is 7.12. The normalized spacial score (nSPS) is 18.4. The molecule has 0 saturated heterocycles. The van der Waals surface area contributed by atoms with Gasteiger partial charge in [-0.15, -0.1) is 0 Å². The van der Waals surface area contributed by atoms with Crippen LogP contribution in [-0.4, -0.2) is 30.5 Å². The molecule has 0 bridgehead atoms. The Morgan fingerprint density at radius 1 is 1.25 bits per heavy atom. The molecule has 0 amide bonds. The fourth-order valence-corrected chi connectivity index (χ4v) is 2.57. The molecule has 3 atom stereocenters. The van der Waals surface area contributed by atoms with Crippen molar-refractivity contribution in [2.45, 2.75) is 51.2 Å². The Kier molecular flexibility index (Phi) is 5.26. The number of aliphatic hydroxyl groups excluding tert-OH is 1. The topological polar surface area (TPSA) is 64.7 Å². The van der Waals surface area contributed by atoms with E-state index in [9.17, 15) is 5.11 Å². The van der Waals surface area contributed by atoms with Crippen LogP contribution in [0.4, 0.5) is 0 Å². The lowest BCUT2D eigenvalue weighted by Gasteiger charge is -2.24. The second-order valence-corrected chi connectivity index (χ2v) is 5.56. The molecule has 1 aliphatic heterocycles. The maximum atomic E-state index is 10.1. The number of aliphatic hydroxyl groups is 1. The van der Waals surface area contributed by atoms with E-state index in [4.69, 9.17) is 15.2 Å². The summed E-state index contributed by atoms with van der Waals surface area (Å²) < 4.78 is 11.1. The van der Waals surface area contributed by atoms with E-state index >= 15 is 0 Å². The minimum atomic E-state index is -0.460. The fourth-order valence-electron chi connectivity index (χ4n) is 2.57. The number of ether oxygens (including phenoxy) is 2. The first kappa shape index (κ1) is 15.1. The summed E-state index contributed by atoms with van der Waals surface area (Å²) in [6, 6.07) is 5.85. The van der Waals surface area contributed by atoms with Gasteiger partial charge in [-0.3, -0.25) is 0 Å². The molecular weight excluding hydrogens is 254 g/mol. The molecule has 0 aliphatic carbocycles. The molecule has 4 nitrogen and oxygen atoms in total. The third-order valence-electron chi connectivity index (χ3n) is 3.85. The van der Waals surface area contributed by atoms with Crippen molar-refractivity contribution in [1.82, 2.24) is 0 Å². The average Bonchev–Trinajstić information content (AvgIpc) is 2.46. The van der Waals surface area contributed by atoms with E-state index in [2.05, 4.69) is 13.8 Å². The number of hydrogen-bond donors (Lipinski definition) is 2. The Morgan fingerprint density at radius 2 is 1.95 bits per heavy atom. The number of benzene rings is 1. The lowest BCUT2D eigenvalue weighted by Crippen LogP contribution is -2.35. The lowest BCUT2D eigenvalue weighted by atomic mass is 9.91. The van der Waals surface area contributed by atoms with E-state index < -0.39 is 6.10 Å². The van der Waals surface area contributed by atoms with Crippen molar-refractivity contribution in [3.8, 4) is 11.5 Å². The molecule has 0 aromatic heterocycles. The SMILES string of the molecule is CCCC(N)C(O)CC(C)c1ccc2c(c1)OCCO2. The van der Waals surface area contributed by atoms with E-state index in [1.54, 1.807) is 0 Å². The number of nitrogens with two attached hydrogens (primary N) is 1. The first-order chi connectivity index (χ1) is 9.61. The summed E-state index contributed by atoms with van der Waals surface area (Å²) in [5.74, 6) is 1.84. The molecule has 0 fully saturated rings. The van der Waals surface area contributed by atoms with Gasteiger partial charge in [0.05, 0.1) is 6.10 Å². The Labute approximate surface area is 120 Å². The molecule has 112 valence electrons. The molecule has 1 aliphatic rings. The van der Waals surface area contributed by atoms with E-state index in [0.29, 0.717) is 19.6 Å². The highest BCUT2D eigenvalue weighted by Gasteiger charge is 2.20. The second-order valence-electron chi connectivity index (χ2n) is 5.56. The summed E-state index contributed by atoms with van der Waals surface area (Å²) in [4.78, 5) is 0. The number of rotatable bonds is 6. The van der Waals surface area contributed by atoms with Crippen molar-refractivity contribution >= 4 is 0 Å². The molecule has 2 rings (SSSR count). The highest BCUT2D eigenvalue weighted by atomic mass is 16.6. The first-order valence-electron chi connectivity index (χ1n) is 7.45. The van der Waals surface area contributed by atoms with Crippen LogP contribution in [0, 0.1) is 0 Å². The van der Waals surface area contributed by atoms with Crippen molar-refractivity contribution in [3.05, 3.63) is 23.8 Å². The predicted molar refractivity (Wildman–Crippen MR) is 79.4 cm³/mol. The Hall–Kier alpha value is -1.26. The molecule has 0 saturated carbocycles. The van der Waals surface area contributed by atoms with Crippen LogP contribution >= 0.6 is 0 Å². The van der Waals surface area contributed by atoms with Gasteiger partial charge in [-0.2, -0.15) is 0 Å². The van der Waals surface area contributed by atoms with Crippen molar-refractivity contribution in [2.24, 2.45) is 5.73 Å². The van der Waals surface area contributed by atoms with Gasteiger partial charge < -0.3 is 20.3 Å². The van der Waals surface area contributed by atoms with E-state index in [1.807, 2.05) is 18.2 Å². The minimum Gasteiger partial charge on any atom is -0.486 e. The molecule has 0 spiro atoms. The van der Waals surface area contributed by atoms with Gasteiger partial charge in [0.1, 0.15) is 13.2 Å². The summed E-state index contributed by atoms with van der Waals surface area (Å²) in [6.07, 6.45) is 2.06. The highest BCUT2D eigenvalue weighted by Crippen LogP contribution is 2.34. The maximum absolute atomic E-state index is 10.1. The average molecular weight is 279 g/mol. The first-order valence-corrected chi connectivity index (χ1v) is 7.45. The van der Waals surface area contributed by atoms with Crippen molar-refractivity contribution in [1.29, 1.82) is 0 Å². The van der Waals surface area contributed by atoms with E-state index in [1.165, 1.54) is 0 Å². The summed E-state index contributed by atoms with van der Waals surface area (Å²) >= 11 is 0. The van der Waals surface area contributed by atoms with Gasteiger partial charge in [-0.25, -0.2) is 0 Å². The van der Waals surface area contributed by atoms with Crippen LogP contribution in [0.3, 0.4) is 0 Å². The molecule has 20 heavy (non-hydrogen) atoms. The molecular formula is C16H25NO3.